The fourth-order valence-electron chi connectivity index (χ4n) is 1.62. The molecule has 0 heterocycles. The van der Waals surface area contributed by atoms with Crippen molar-refractivity contribution in [3.05, 3.63) is 27.7 Å². The summed E-state index contributed by atoms with van der Waals surface area (Å²) in [5, 5.41) is 0. The van der Waals surface area contributed by atoms with E-state index in [2.05, 4.69) is 14.3 Å². The van der Waals surface area contributed by atoms with Gasteiger partial charge in [-0.05, 0) is 0 Å². The van der Waals surface area contributed by atoms with E-state index >= 15 is 0 Å². The van der Waals surface area contributed by atoms with E-state index < -0.39 is 44.5 Å². The first-order valence-corrected chi connectivity index (χ1v) is 6.50. The van der Waals surface area contributed by atoms with Gasteiger partial charge in [0.05, 0.1) is 31.8 Å². The van der Waals surface area contributed by atoms with Gasteiger partial charge in [-0.2, -0.15) is 13.2 Å². The second kappa shape index (κ2) is 5.78. The minimum absolute atomic E-state index is 0.168. The van der Waals surface area contributed by atoms with Gasteiger partial charge < -0.3 is 15.0 Å². The second-order valence-corrected chi connectivity index (χ2v) is 4.95. The number of nitrogens with zero attached hydrogens (tertiary/aromatic N) is 2. The molecule has 0 atom stereocenters. The molecule has 20 heavy (non-hydrogen) atoms. The molecule has 0 unspecified atom stereocenters. The van der Waals surface area contributed by atoms with E-state index in [0.717, 1.165) is 20.3 Å². The van der Waals surface area contributed by atoms with Crippen LogP contribution in [0.1, 0.15) is 6.42 Å². The van der Waals surface area contributed by atoms with Crippen molar-refractivity contribution in [2.75, 3.05) is 14.2 Å². The van der Waals surface area contributed by atoms with Gasteiger partial charge in [-0.1, -0.05) is 0 Å². The summed E-state index contributed by atoms with van der Waals surface area (Å²) in [4.78, 5) is 25.0. The standard InChI is InChI=1S/C10H10N2O7S/c1-18-9(13)6-3-5(12-11)4-7(10(14)19-2)8(6)20(15,16)17/h3H,4H2,1-2H3,(H,15,16,17). The van der Waals surface area contributed by atoms with Gasteiger partial charge in [0, 0.05) is 6.08 Å². The quantitative estimate of drug-likeness (QED) is 0.319. The van der Waals surface area contributed by atoms with Gasteiger partial charge in [0.1, 0.15) is 4.91 Å². The van der Waals surface area contributed by atoms with Crippen molar-refractivity contribution in [2.24, 2.45) is 0 Å². The largest absolute Gasteiger partial charge is 0.466 e. The van der Waals surface area contributed by atoms with Gasteiger partial charge in [0.25, 0.3) is 15.8 Å². The number of hydrogen-bond donors (Lipinski definition) is 1. The monoisotopic (exact) mass is 302 g/mol. The molecule has 1 aliphatic carbocycles. The van der Waals surface area contributed by atoms with Crippen LogP contribution in [0.4, 0.5) is 0 Å². The Bertz CT molecular complexity index is 680. The van der Waals surface area contributed by atoms with Crippen LogP contribution >= 0.6 is 0 Å². The predicted octanol–water partition coefficient (Wildman–Crippen LogP) is -0.525. The Hall–Kier alpha value is -2.29. The number of hydrogen-bond acceptors (Lipinski definition) is 6. The highest BCUT2D eigenvalue weighted by Gasteiger charge is 2.38. The maximum Gasteiger partial charge on any atom is 0.339 e. The Morgan fingerprint density at radius 2 is 1.85 bits per heavy atom. The Labute approximate surface area is 113 Å². The van der Waals surface area contributed by atoms with Gasteiger partial charge in [0.2, 0.25) is 0 Å². The molecule has 0 fully saturated rings. The SMILES string of the molecule is COC(=O)C1=CC(=[N+]=[N-])CC(C(=O)OC)=C1S(=O)(=O)O. The maximum absolute atomic E-state index is 11.6. The molecule has 0 radical (unpaired) electrons. The zero-order chi connectivity index (χ0) is 15.5. The zero-order valence-corrected chi connectivity index (χ0v) is 11.3. The van der Waals surface area contributed by atoms with Crippen LogP contribution in [0, 0.1) is 0 Å². The normalized spacial score (nSPS) is 15.3. The lowest BCUT2D eigenvalue weighted by atomic mass is 9.97. The van der Waals surface area contributed by atoms with E-state index in [4.69, 9.17) is 5.53 Å². The van der Waals surface area contributed by atoms with Crippen LogP contribution in [0.25, 0.3) is 5.53 Å². The molecule has 0 aromatic carbocycles. The number of carbonyl (C=O) groups excluding carboxylic acids is 2. The Morgan fingerprint density at radius 1 is 1.30 bits per heavy atom. The number of methoxy groups -OCH3 is 2. The van der Waals surface area contributed by atoms with Gasteiger partial charge >= 0.3 is 11.9 Å². The summed E-state index contributed by atoms with van der Waals surface area (Å²) >= 11 is 0. The summed E-state index contributed by atoms with van der Waals surface area (Å²) in [5.74, 6) is -2.21. The number of ether oxygens (including phenoxy) is 2. The van der Waals surface area contributed by atoms with Crippen molar-refractivity contribution >= 4 is 27.8 Å². The van der Waals surface area contributed by atoms with E-state index in [-0.39, 0.29) is 5.71 Å². The lowest BCUT2D eigenvalue weighted by Crippen LogP contribution is -2.25. The topological polar surface area (TPSA) is 143 Å². The first kappa shape index (κ1) is 15.8. The molecule has 1 N–H and O–H groups in total. The van der Waals surface area contributed by atoms with E-state index in [1.165, 1.54) is 0 Å². The average molecular weight is 302 g/mol. The first-order valence-electron chi connectivity index (χ1n) is 5.06. The maximum atomic E-state index is 11.6. The molecule has 0 amide bonds. The molecule has 0 spiro atoms. The average Bonchev–Trinajstić information content (AvgIpc) is 2.42. The van der Waals surface area contributed by atoms with E-state index in [1.807, 2.05) is 0 Å². The highest BCUT2D eigenvalue weighted by atomic mass is 32.2. The van der Waals surface area contributed by atoms with Crippen molar-refractivity contribution < 1.29 is 36.8 Å². The highest BCUT2D eigenvalue weighted by Crippen LogP contribution is 2.29. The van der Waals surface area contributed by atoms with Crippen molar-refractivity contribution in [2.45, 2.75) is 6.42 Å². The highest BCUT2D eigenvalue weighted by molar-refractivity contribution is 7.90. The Kier molecular flexibility index (Phi) is 4.56. The molecule has 1 aliphatic rings. The van der Waals surface area contributed by atoms with Gasteiger partial charge in [-0.3, -0.25) is 4.55 Å². The lowest BCUT2D eigenvalue weighted by molar-refractivity contribution is -0.136. The van der Waals surface area contributed by atoms with Gasteiger partial charge in [-0.25, -0.2) is 9.59 Å². The Balaban J connectivity index is 3.70. The number of rotatable bonds is 3. The molecule has 9 nitrogen and oxygen atoms in total. The summed E-state index contributed by atoms with van der Waals surface area (Å²) in [6.45, 7) is 0. The smallest absolute Gasteiger partial charge is 0.339 e. The van der Waals surface area contributed by atoms with Crippen LogP contribution in [0.15, 0.2) is 22.1 Å². The van der Waals surface area contributed by atoms with Crippen molar-refractivity contribution in [3.8, 4) is 0 Å². The van der Waals surface area contributed by atoms with Crippen LogP contribution in [0.3, 0.4) is 0 Å². The molecule has 1 rings (SSSR count). The van der Waals surface area contributed by atoms with Crippen LogP contribution in [-0.2, 0) is 29.2 Å². The fraction of sp³-hybridized carbons (Fsp3) is 0.300. The van der Waals surface area contributed by atoms with Crippen LogP contribution in [0.5, 0.6) is 0 Å². The minimum Gasteiger partial charge on any atom is -0.466 e. The summed E-state index contributed by atoms with van der Waals surface area (Å²) in [5.41, 5.74) is 7.39. The van der Waals surface area contributed by atoms with E-state index in [1.54, 1.807) is 0 Å². The number of esters is 2. The zero-order valence-electron chi connectivity index (χ0n) is 10.5. The number of carbonyl (C=O) groups is 2. The fourth-order valence-corrected chi connectivity index (χ4v) is 2.50. The Morgan fingerprint density at radius 3 is 2.25 bits per heavy atom. The third kappa shape index (κ3) is 2.99. The van der Waals surface area contributed by atoms with Gasteiger partial charge in [0.15, 0.2) is 0 Å². The summed E-state index contributed by atoms with van der Waals surface area (Å²) < 4.78 is 40.7. The summed E-state index contributed by atoms with van der Waals surface area (Å²) in [7, 11) is -2.92. The van der Waals surface area contributed by atoms with Crippen LogP contribution in [-0.4, -0.2) is 49.6 Å². The van der Waals surface area contributed by atoms with Crippen molar-refractivity contribution in [1.82, 2.24) is 0 Å². The minimum atomic E-state index is -4.89. The summed E-state index contributed by atoms with van der Waals surface area (Å²) in [6.07, 6.45) is 0.458. The molecular formula is C10H10N2O7S. The molecule has 0 bridgehead atoms. The number of allylic oxidation sites excluding steroid dienone is 1. The van der Waals surface area contributed by atoms with Gasteiger partial charge in [-0.15, -0.1) is 0 Å². The first-order chi connectivity index (χ1) is 9.26. The molecule has 10 heteroatoms. The van der Waals surface area contributed by atoms with Crippen molar-refractivity contribution in [3.63, 3.8) is 0 Å². The molecule has 0 saturated carbocycles. The molecule has 0 aromatic rings. The van der Waals surface area contributed by atoms with E-state index in [0.29, 0.717) is 0 Å². The second-order valence-electron chi connectivity index (χ2n) is 3.59. The molecule has 0 aliphatic heterocycles. The van der Waals surface area contributed by atoms with Crippen LogP contribution in [0.2, 0.25) is 0 Å². The summed E-state index contributed by atoms with van der Waals surface area (Å²) in [6, 6.07) is 0. The molecule has 0 saturated heterocycles. The van der Waals surface area contributed by atoms with Crippen molar-refractivity contribution in [1.29, 1.82) is 0 Å². The third-order valence-electron chi connectivity index (χ3n) is 2.41. The molecule has 0 aromatic heterocycles. The predicted molar refractivity (Wildman–Crippen MR) is 63.9 cm³/mol. The van der Waals surface area contributed by atoms with E-state index in [9.17, 15) is 22.6 Å². The third-order valence-corrected chi connectivity index (χ3v) is 3.39. The molecular weight excluding hydrogens is 292 g/mol. The van der Waals surface area contributed by atoms with Crippen LogP contribution < -0.4 is 0 Å². The molecule has 108 valence electrons. The lowest BCUT2D eigenvalue weighted by Gasteiger charge is -2.15.